The Kier molecular flexibility index (Phi) is 5.28. The molecule has 0 bridgehead atoms. The first kappa shape index (κ1) is 17.6. The average molecular weight is 373 g/mol. The van der Waals surface area contributed by atoms with Crippen molar-refractivity contribution in [3.8, 4) is 5.75 Å². The van der Waals surface area contributed by atoms with E-state index < -0.39 is 5.91 Å². The number of carbonyl (C=O) groups is 1. The summed E-state index contributed by atoms with van der Waals surface area (Å²) >= 11 is 6.00. The van der Waals surface area contributed by atoms with Crippen molar-refractivity contribution in [3.05, 3.63) is 71.3 Å². The van der Waals surface area contributed by atoms with E-state index in [4.69, 9.17) is 16.3 Å². The van der Waals surface area contributed by atoms with E-state index >= 15 is 0 Å². The zero-order chi connectivity index (χ0) is 18.5. The highest BCUT2D eigenvalue weighted by molar-refractivity contribution is 6.31. The Hall–Kier alpha value is -3.19. The van der Waals surface area contributed by atoms with Crippen LogP contribution in [0, 0.1) is 5.82 Å². The van der Waals surface area contributed by atoms with Gasteiger partial charge in [-0.2, -0.15) is 0 Å². The Morgan fingerprint density at radius 3 is 2.65 bits per heavy atom. The van der Waals surface area contributed by atoms with Gasteiger partial charge in [0.2, 0.25) is 5.95 Å². The second-order valence-corrected chi connectivity index (χ2v) is 5.63. The van der Waals surface area contributed by atoms with Gasteiger partial charge in [0, 0.05) is 16.9 Å². The maximum absolute atomic E-state index is 12.9. The molecule has 1 heterocycles. The van der Waals surface area contributed by atoms with Gasteiger partial charge in [-0.15, -0.1) is 0 Å². The number of methoxy groups -OCH3 is 1. The quantitative estimate of drug-likeness (QED) is 0.699. The highest BCUT2D eigenvalue weighted by Crippen LogP contribution is 2.29. The number of hydrogen-bond acceptors (Lipinski definition) is 5. The molecule has 0 unspecified atom stereocenters. The average Bonchev–Trinajstić information content (AvgIpc) is 2.64. The number of halogens is 2. The predicted octanol–water partition coefficient (Wildman–Crippen LogP) is 4.27. The number of aromatic nitrogens is 2. The summed E-state index contributed by atoms with van der Waals surface area (Å²) in [6, 6.07) is 12.0. The molecule has 0 radical (unpaired) electrons. The van der Waals surface area contributed by atoms with Crippen LogP contribution in [0.3, 0.4) is 0 Å². The molecule has 1 amide bonds. The van der Waals surface area contributed by atoms with Gasteiger partial charge < -0.3 is 15.4 Å². The van der Waals surface area contributed by atoms with Crippen molar-refractivity contribution in [3.63, 3.8) is 0 Å². The van der Waals surface area contributed by atoms with Crippen molar-refractivity contribution >= 4 is 34.8 Å². The van der Waals surface area contributed by atoms with Gasteiger partial charge in [0.05, 0.1) is 12.8 Å². The number of amides is 1. The SMILES string of the molecule is COc1ccc(Cl)cc1Nc1nccc(C(=O)Nc2ccc(F)cc2)n1. The molecule has 3 rings (SSSR count). The molecular formula is C18H14ClFN4O2. The lowest BCUT2D eigenvalue weighted by Gasteiger charge is -2.11. The molecule has 132 valence electrons. The van der Waals surface area contributed by atoms with E-state index in [0.29, 0.717) is 22.1 Å². The monoisotopic (exact) mass is 372 g/mol. The topological polar surface area (TPSA) is 76.1 Å². The Labute approximate surface area is 154 Å². The lowest BCUT2D eigenvalue weighted by atomic mass is 10.3. The van der Waals surface area contributed by atoms with Crippen LogP contribution in [0.2, 0.25) is 5.02 Å². The molecule has 8 heteroatoms. The second-order valence-electron chi connectivity index (χ2n) is 5.20. The van der Waals surface area contributed by atoms with Crippen LogP contribution in [-0.4, -0.2) is 23.0 Å². The maximum Gasteiger partial charge on any atom is 0.274 e. The molecule has 0 aliphatic carbocycles. The number of ether oxygens (including phenoxy) is 1. The van der Waals surface area contributed by atoms with Crippen LogP contribution in [0.1, 0.15) is 10.5 Å². The highest BCUT2D eigenvalue weighted by Gasteiger charge is 2.11. The summed E-state index contributed by atoms with van der Waals surface area (Å²) in [7, 11) is 1.53. The minimum Gasteiger partial charge on any atom is -0.495 e. The third kappa shape index (κ3) is 4.25. The van der Waals surface area contributed by atoms with E-state index in [-0.39, 0.29) is 17.5 Å². The van der Waals surface area contributed by atoms with Crippen LogP contribution in [0.25, 0.3) is 0 Å². The van der Waals surface area contributed by atoms with E-state index in [0.717, 1.165) is 0 Å². The second kappa shape index (κ2) is 7.79. The van der Waals surface area contributed by atoms with Gasteiger partial charge in [0.15, 0.2) is 0 Å². The molecule has 0 fully saturated rings. The first-order chi connectivity index (χ1) is 12.5. The Morgan fingerprint density at radius 1 is 1.15 bits per heavy atom. The summed E-state index contributed by atoms with van der Waals surface area (Å²) in [6.07, 6.45) is 1.45. The normalized spacial score (nSPS) is 10.3. The molecule has 6 nitrogen and oxygen atoms in total. The number of nitrogens with one attached hydrogen (secondary N) is 2. The van der Waals surface area contributed by atoms with E-state index in [1.165, 1.54) is 43.6 Å². The van der Waals surface area contributed by atoms with Crippen molar-refractivity contribution in [2.24, 2.45) is 0 Å². The standard InChI is InChI=1S/C18H14ClFN4O2/c1-26-16-7-2-11(19)10-15(16)24-18-21-9-8-14(23-18)17(25)22-13-5-3-12(20)4-6-13/h2-10H,1H3,(H,22,25)(H,21,23,24). The van der Waals surface area contributed by atoms with Crippen molar-refractivity contribution in [2.45, 2.75) is 0 Å². The van der Waals surface area contributed by atoms with Gasteiger partial charge in [-0.25, -0.2) is 14.4 Å². The Morgan fingerprint density at radius 2 is 1.92 bits per heavy atom. The molecule has 0 aliphatic heterocycles. The minimum atomic E-state index is -0.444. The fourth-order valence-electron chi connectivity index (χ4n) is 2.17. The summed E-state index contributed by atoms with van der Waals surface area (Å²) in [5.74, 6) is -0.0661. The van der Waals surface area contributed by atoms with Gasteiger partial charge in [0.1, 0.15) is 17.3 Å². The molecule has 0 saturated carbocycles. The molecule has 0 saturated heterocycles. The van der Waals surface area contributed by atoms with Gasteiger partial charge in [-0.1, -0.05) is 11.6 Å². The van der Waals surface area contributed by atoms with Crippen LogP contribution >= 0.6 is 11.6 Å². The lowest BCUT2D eigenvalue weighted by molar-refractivity contribution is 0.102. The molecule has 2 aromatic carbocycles. The lowest BCUT2D eigenvalue weighted by Crippen LogP contribution is -2.14. The van der Waals surface area contributed by atoms with Crippen LogP contribution in [0.15, 0.2) is 54.7 Å². The predicted molar refractivity (Wildman–Crippen MR) is 97.7 cm³/mol. The van der Waals surface area contributed by atoms with Gasteiger partial charge in [0.25, 0.3) is 5.91 Å². The van der Waals surface area contributed by atoms with Crippen LogP contribution < -0.4 is 15.4 Å². The molecule has 2 N–H and O–H groups in total. The maximum atomic E-state index is 12.9. The summed E-state index contributed by atoms with van der Waals surface area (Å²) < 4.78 is 18.2. The van der Waals surface area contributed by atoms with E-state index in [1.807, 2.05) is 0 Å². The molecule has 1 aromatic heterocycles. The third-order valence-electron chi connectivity index (χ3n) is 3.40. The largest absolute Gasteiger partial charge is 0.495 e. The van der Waals surface area contributed by atoms with Crippen molar-refractivity contribution in [1.29, 1.82) is 0 Å². The van der Waals surface area contributed by atoms with Crippen LogP contribution in [0.5, 0.6) is 5.75 Å². The zero-order valence-corrected chi connectivity index (χ0v) is 14.4. The number of rotatable bonds is 5. The Bertz CT molecular complexity index is 935. The fraction of sp³-hybridized carbons (Fsp3) is 0.0556. The van der Waals surface area contributed by atoms with Gasteiger partial charge in [-0.05, 0) is 48.5 Å². The summed E-state index contributed by atoms with van der Waals surface area (Å²) in [4.78, 5) is 20.6. The van der Waals surface area contributed by atoms with Crippen molar-refractivity contribution in [1.82, 2.24) is 9.97 Å². The highest BCUT2D eigenvalue weighted by atomic mass is 35.5. The molecule has 3 aromatic rings. The third-order valence-corrected chi connectivity index (χ3v) is 3.63. The minimum absolute atomic E-state index is 0.146. The summed E-state index contributed by atoms with van der Waals surface area (Å²) in [6.45, 7) is 0. The molecular weight excluding hydrogens is 359 g/mol. The first-order valence-corrected chi connectivity index (χ1v) is 7.93. The van der Waals surface area contributed by atoms with Gasteiger partial charge in [-0.3, -0.25) is 4.79 Å². The zero-order valence-electron chi connectivity index (χ0n) is 13.7. The fourth-order valence-corrected chi connectivity index (χ4v) is 2.34. The van der Waals surface area contributed by atoms with E-state index in [2.05, 4.69) is 20.6 Å². The van der Waals surface area contributed by atoms with Crippen molar-refractivity contribution < 1.29 is 13.9 Å². The molecule has 0 spiro atoms. The number of hydrogen-bond donors (Lipinski definition) is 2. The van der Waals surface area contributed by atoms with Crippen LogP contribution in [0.4, 0.5) is 21.7 Å². The van der Waals surface area contributed by atoms with E-state index in [1.54, 1.807) is 18.2 Å². The van der Waals surface area contributed by atoms with Crippen LogP contribution in [-0.2, 0) is 0 Å². The number of anilines is 3. The van der Waals surface area contributed by atoms with Gasteiger partial charge >= 0.3 is 0 Å². The number of carbonyl (C=O) groups excluding carboxylic acids is 1. The summed E-state index contributed by atoms with van der Waals surface area (Å²) in [5, 5.41) is 6.12. The molecule has 26 heavy (non-hydrogen) atoms. The van der Waals surface area contributed by atoms with Crippen molar-refractivity contribution in [2.75, 3.05) is 17.7 Å². The first-order valence-electron chi connectivity index (χ1n) is 7.55. The number of nitrogens with zero attached hydrogens (tertiary/aromatic N) is 2. The summed E-state index contributed by atoms with van der Waals surface area (Å²) in [5.41, 5.74) is 1.17. The number of benzene rings is 2. The van der Waals surface area contributed by atoms with E-state index in [9.17, 15) is 9.18 Å². The molecule has 0 atom stereocenters. The Balaban J connectivity index is 1.79. The molecule has 0 aliphatic rings. The smallest absolute Gasteiger partial charge is 0.274 e.